The van der Waals surface area contributed by atoms with E-state index in [1.165, 1.54) is 0 Å². The quantitative estimate of drug-likeness (QED) is 0.250. The first-order valence-corrected chi connectivity index (χ1v) is 11.8. The zero-order chi connectivity index (χ0) is 24.4. The lowest BCUT2D eigenvalue weighted by Gasteiger charge is -2.17. The maximum Gasteiger partial charge on any atom is 0.240 e. The molecule has 0 atom stereocenters. The van der Waals surface area contributed by atoms with Crippen molar-refractivity contribution < 1.29 is 8.78 Å². The molecule has 0 aliphatic heterocycles. The molecule has 6 heteroatoms. The van der Waals surface area contributed by atoms with Crippen molar-refractivity contribution in [2.75, 3.05) is 0 Å². The summed E-state index contributed by atoms with van der Waals surface area (Å²) < 4.78 is 35.6. The third-order valence-corrected chi connectivity index (χ3v) is 7.03. The van der Waals surface area contributed by atoms with E-state index in [0.29, 0.717) is 17.5 Å². The number of allylic oxidation sites excluding steroid dienone is 1. The number of pyridine rings is 1. The van der Waals surface area contributed by atoms with Crippen LogP contribution in [0.4, 0.5) is 8.78 Å². The molecule has 0 spiro atoms. The monoisotopic (exact) mass is 472 g/mol. The standard InChI is InChI=1S/C30H18F2N4/c31-27-22(17-33)28(35-23-13-5-1-9-18(23)19-10-2-6-14-24(19)35)29(32)34-30(27)36-25-15-7-3-11-20(25)21-12-4-8-16-26(21)36/h1-7,9-15H,8,16H2. The van der Waals surface area contributed by atoms with Gasteiger partial charge in [-0.1, -0.05) is 66.7 Å². The summed E-state index contributed by atoms with van der Waals surface area (Å²) in [4.78, 5) is 4.18. The topological polar surface area (TPSA) is 46.5 Å². The van der Waals surface area contributed by atoms with Gasteiger partial charge < -0.3 is 4.57 Å². The molecule has 36 heavy (non-hydrogen) atoms. The summed E-state index contributed by atoms with van der Waals surface area (Å²) >= 11 is 0. The largest absolute Gasteiger partial charge is 0.304 e. The maximum atomic E-state index is 16.3. The minimum atomic E-state index is -0.896. The maximum absolute atomic E-state index is 16.3. The van der Waals surface area contributed by atoms with Crippen LogP contribution in [0.3, 0.4) is 0 Å². The molecule has 1 aliphatic rings. The van der Waals surface area contributed by atoms with Crippen molar-refractivity contribution in [3.63, 3.8) is 0 Å². The van der Waals surface area contributed by atoms with E-state index < -0.39 is 11.8 Å². The molecule has 0 unspecified atom stereocenters. The van der Waals surface area contributed by atoms with Crippen LogP contribution in [0, 0.1) is 23.1 Å². The van der Waals surface area contributed by atoms with E-state index in [1.807, 2.05) is 84.9 Å². The van der Waals surface area contributed by atoms with Crippen LogP contribution in [-0.4, -0.2) is 14.1 Å². The number of halogens is 2. The van der Waals surface area contributed by atoms with Crippen molar-refractivity contribution in [3.05, 3.63) is 107 Å². The van der Waals surface area contributed by atoms with Crippen molar-refractivity contribution in [1.29, 1.82) is 5.26 Å². The zero-order valence-electron chi connectivity index (χ0n) is 19.0. The van der Waals surface area contributed by atoms with Gasteiger partial charge in [-0.25, -0.2) is 4.39 Å². The van der Waals surface area contributed by atoms with Gasteiger partial charge >= 0.3 is 0 Å². The first-order valence-electron chi connectivity index (χ1n) is 11.8. The molecule has 4 nitrogen and oxygen atoms in total. The molecule has 0 radical (unpaired) electrons. The summed E-state index contributed by atoms with van der Waals surface area (Å²) in [5.41, 5.74) is 3.37. The molecule has 0 saturated carbocycles. The molecule has 0 bridgehead atoms. The Labute approximate surface area is 205 Å². The first kappa shape index (κ1) is 20.6. The Kier molecular flexibility index (Phi) is 4.36. The summed E-state index contributed by atoms with van der Waals surface area (Å²) in [5.74, 6) is -1.93. The minimum absolute atomic E-state index is 0.179. The molecule has 3 aromatic heterocycles. The fourth-order valence-electron chi connectivity index (χ4n) is 5.54. The SMILES string of the molecule is N#Cc1c(F)c(-n2c3c(c4ccccc42)C=CCC3)nc(F)c1-n1c2ccccc2c2ccccc21. The van der Waals surface area contributed by atoms with E-state index in [1.54, 1.807) is 9.13 Å². The molecule has 1 aliphatic carbocycles. The Balaban J connectivity index is 1.59. The third-order valence-electron chi connectivity index (χ3n) is 7.03. The van der Waals surface area contributed by atoms with Gasteiger partial charge in [-0.2, -0.15) is 14.6 Å². The second-order valence-corrected chi connectivity index (χ2v) is 8.90. The number of hydrogen-bond donors (Lipinski definition) is 0. The van der Waals surface area contributed by atoms with Crippen molar-refractivity contribution in [2.24, 2.45) is 0 Å². The molecule has 0 N–H and O–H groups in total. The summed E-state index contributed by atoms with van der Waals surface area (Å²) in [6.07, 6.45) is 5.55. The van der Waals surface area contributed by atoms with Crippen molar-refractivity contribution in [2.45, 2.75) is 12.8 Å². The summed E-state index contributed by atoms with van der Waals surface area (Å²) in [6.45, 7) is 0. The predicted octanol–water partition coefficient (Wildman–Crippen LogP) is 7.23. The molecular weight excluding hydrogens is 454 g/mol. The Bertz CT molecular complexity index is 1880. The molecule has 3 heterocycles. The van der Waals surface area contributed by atoms with Gasteiger partial charge in [0.25, 0.3) is 0 Å². The lowest BCUT2D eigenvalue weighted by atomic mass is 10.0. The highest BCUT2D eigenvalue weighted by Gasteiger charge is 2.28. The summed E-state index contributed by atoms with van der Waals surface area (Å²) in [5, 5.41) is 12.8. The minimum Gasteiger partial charge on any atom is -0.304 e. The number of rotatable bonds is 2. The Morgan fingerprint density at radius 3 is 2.00 bits per heavy atom. The number of para-hydroxylation sites is 3. The highest BCUT2D eigenvalue weighted by atomic mass is 19.1. The molecule has 0 saturated heterocycles. The first-order chi connectivity index (χ1) is 17.7. The van der Waals surface area contributed by atoms with Gasteiger partial charge in [0.1, 0.15) is 17.3 Å². The van der Waals surface area contributed by atoms with E-state index in [-0.39, 0.29) is 17.1 Å². The molecule has 3 aromatic carbocycles. The third kappa shape index (κ3) is 2.68. The molecule has 0 amide bonds. The lowest BCUT2D eigenvalue weighted by Crippen LogP contribution is -2.13. The number of hydrogen-bond acceptors (Lipinski definition) is 2. The fourth-order valence-corrected chi connectivity index (χ4v) is 5.54. The average molecular weight is 472 g/mol. The Hall–Kier alpha value is -4.76. The van der Waals surface area contributed by atoms with Crippen LogP contribution >= 0.6 is 0 Å². The molecule has 172 valence electrons. The van der Waals surface area contributed by atoms with Gasteiger partial charge in [0.15, 0.2) is 11.6 Å². The van der Waals surface area contributed by atoms with Gasteiger partial charge in [-0.05, 0) is 31.0 Å². The summed E-state index contributed by atoms with van der Waals surface area (Å²) in [7, 11) is 0. The van der Waals surface area contributed by atoms with E-state index in [2.05, 4.69) is 11.1 Å². The normalized spacial score (nSPS) is 12.9. The van der Waals surface area contributed by atoms with E-state index in [9.17, 15) is 5.26 Å². The second-order valence-electron chi connectivity index (χ2n) is 8.90. The van der Waals surface area contributed by atoms with Crippen LogP contribution in [0.2, 0.25) is 0 Å². The van der Waals surface area contributed by atoms with Gasteiger partial charge in [0.05, 0.1) is 16.6 Å². The van der Waals surface area contributed by atoms with Gasteiger partial charge in [0, 0.05) is 27.4 Å². The van der Waals surface area contributed by atoms with Gasteiger partial charge in [-0.15, -0.1) is 0 Å². The number of nitrogens with zero attached hydrogens (tertiary/aromatic N) is 4. The van der Waals surface area contributed by atoms with Crippen LogP contribution in [0.5, 0.6) is 0 Å². The predicted molar refractivity (Wildman–Crippen MR) is 137 cm³/mol. The van der Waals surface area contributed by atoms with Gasteiger partial charge in [0.2, 0.25) is 5.95 Å². The van der Waals surface area contributed by atoms with Crippen LogP contribution in [0.15, 0.2) is 78.9 Å². The molecular formula is C30H18F2N4. The van der Waals surface area contributed by atoms with Crippen molar-refractivity contribution in [1.82, 2.24) is 14.1 Å². The Morgan fingerprint density at radius 1 is 0.778 bits per heavy atom. The molecule has 0 fully saturated rings. The number of benzene rings is 3. The Morgan fingerprint density at radius 2 is 1.36 bits per heavy atom. The van der Waals surface area contributed by atoms with Crippen LogP contribution in [0.25, 0.3) is 50.3 Å². The molecule has 6 aromatic rings. The number of fused-ring (bicyclic) bond motifs is 6. The van der Waals surface area contributed by atoms with Crippen LogP contribution < -0.4 is 0 Å². The number of aromatic nitrogens is 3. The van der Waals surface area contributed by atoms with Crippen LogP contribution in [0.1, 0.15) is 23.2 Å². The van der Waals surface area contributed by atoms with E-state index >= 15 is 8.78 Å². The highest BCUT2D eigenvalue weighted by Crippen LogP contribution is 2.38. The fraction of sp³-hybridized carbons (Fsp3) is 0.0667. The second kappa shape index (κ2) is 7.62. The molecule has 7 rings (SSSR count). The van der Waals surface area contributed by atoms with E-state index in [4.69, 9.17) is 0 Å². The zero-order valence-corrected chi connectivity index (χ0v) is 19.0. The number of nitriles is 1. The highest BCUT2D eigenvalue weighted by molar-refractivity contribution is 6.09. The average Bonchev–Trinajstić information content (AvgIpc) is 3.43. The van der Waals surface area contributed by atoms with Crippen LogP contribution in [-0.2, 0) is 6.42 Å². The van der Waals surface area contributed by atoms with Gasteiger partial charge in [-0.3, -0.25) is 4.57 Å². The lowest BCUT2D eigenvalue weighted by molar-refractivity contribution is 0.543. The van der Waals surface area contributed by atoms with Crippen molar-refractivity contribution >= 4 is 38.8 Å². The summed E-state index contributed by atoms with van der Waals surface area (Å²) in [6, 6.07) is 24.6. The van der Waals surface area contributed by atoms with E-state index in [0.717, 1.165) is 39.4 Å². The van der Waals surface area contributed by atoms with Crippen molar-refractivity contribution in [3.8, 4) is 17.6 Å². The smallest absolute Gasteiger partial charge is 0.240 e.